The Morgan fingerprint density at radius 3 is 2.33 bits per heavy atom. The van der Waals surface area contributed by atoms with E-state index in [1.165, 1.54) is 0 Å². The smallest absolute Gasteiger partial charge is 0.410 e. The summed E-state index contributed by atoms with van der Waals surface area (Å²) in [4.78, 5) is 13.4. The highest BCUT2D eigenvalue weighted by atomic mass is 16.6. The zero-order valence-corrected chi connectivity index (χ0v) is 9.56. The molecular weight excluding hydrogens is 194 g/mol. The van der Waals surface area contributed by atoms with E-state index in [2.05, 4.69) is 0 Å². The highest BCUT2D eigenvalue weighted by Crippen LogP contribution is 2.51. The molecule has 3 atom stereocenters. The molecule has 4 heteroatoms. The summed E-state index contributed by atoms with van der Waals surface area (Å²) < 4.78 is 5.28. The van der Waals surface area contributed by atoms with Crippen LogP contribution in [0.3, 0.4) is 0 Å². The van der Waals surface area contributed by atoms with Gasteiger partial charge in [-0.05, 0) is 38.5 Å². The molecule has 0 bridgehead atoms. The van der Waals surface area contributed by atoms with Crippen molar-refractivity contribution >= 4 is 6.09 Å². The van der Waals surface area contributed by atoms with Crippen molar-refractivity contribution < 1.29 is 14.6 Å². The topological polar surface area (TPSA) is 49.8 Å². The van der Waals surface area contributed by atoms with Crippen molar-refractivity contribution in [3.05, 3.63) is 0 Å². The van der Waals surface area contributed by atoms with Gasteiger partial charge in [0, 0.05) is 19.7 Å². The van der Waals surface area contributed by atoms with E-state index in [4.69, 9.17) is 9.84 Å². The van der Waals surface area contributed by atoms with Crippen LogP contribution in [0.4, 0.5) is 4.79 Å². The third-order valence-corrected chi connectivity index (χ3v) is 3.23. The standard InChI is InChI=1S/C11H19NO3/c1-11(2,3)15-10(14)12-4-7-8(5-12)9(7)6-13/h7-9,13H,4-6H2,1-3H3/t7-,8?,9-/m0/s1. The summed E-state index contributed by atoms with van der Waals surface area (Å²) in [5, 5.41) is 8.99. The Labute approximate surface area is 90.2 Å². The van der Waals surface area contributed by atoms with Crippen LogP contribution in [0.2, 0.25) is 0 Å². The first-order chi connectivity index (χ1) is 6.92. The number of rotatable bonds is 1. The summed E-state index contributed by atoms with van der Waals surface area (Å²) in [7, 11) is 0. The first kappa shape index (κ1) is 10.7. The number of aliphatic hydroxyl groups excluding tert-OH is 1. The zero-order valence-electron chi connectivity index (χ0n) is 9.56. The molecule has 1 amide bonds. The number of nitrogens with zero attached hydrogens (tertiary/aromatic N) is 1. The molecule has 86 valence electrons. The van der Waals surface area contributed by atoms with Crippen molar-refractivity contribution in [2.45, 2.75) is 26.4 Å². The van der Waals surface area contributed by atoms with E-state index in [-0.39, 0.29) is 12.7 Å². The molecule has 2 rings (SSSR count). The summed E-state index contributed by atoms with van der Waals surface area (Å²) in [5.74, 6) is 1.47. The second kappa shape index (κ2) is 3.37. The number of amides is 1. The third-order valence-electron chi connectivity index (χ3n) is 3.23. The summed E-state index contributed by atoms with van der Waals surface area (Å²) in [6.45, 7) is 7.39. The van der Waals surface area contributed by atoms with Gasteiger partial charge in [-0.2, -0.15) is 0 Å². The van der Waals surface area contributed by atoms with Gasteiger partial charge >= 0.3 is 6.09 Å². The zero-order chi connectivity index (χ0) is 11.2. The van der Waals surface area contributed by atoms with Crippen LogP contribution >= 0.6 is 0 Å². The van der Waals surface area contributed by atoms with E-state index in [1.807, 2.05) is 20.8 Å². The van der Waals surface area contributed by atoms with Gasteiger partial charge in [-0.3, -0.25) is 0 Å². The van der Waals surface area contributed by atoms with Crippen molar-refractivity contribution in [1.82, 2.24) is 4.90 Å². The molecule has 1 aliphatic heterocycles. The van der Waals surface area contributed by atoms with Crippen LogP contribution < -0.4 is 0 Å². The van der Waals surface area contributed by atoms with Crippen LogP contribution in [0.15, 0.2) is 0 Å². The van der Waals surface area contributed by atoms with Gasteiger partial charge in [0.2, 0.25) is 0 Å². The van der Waals surface area contributed by atoms with Crippen molar-refractivity contribution in [3.8, 4) is 0 Å². The summed E-state index contributed by atoms with van der Waals surface area (Å²) in [6, 6.07) is 0. The SMILES string of the molecule is CC(C)(C)OC(=O)N1CC2[C@@H](CO)[C@H]2C1. The van der Waals surface area contributed by atoms with E-state index in [9.17, 15) is 4.79 Å². The van der Waals surface area contributed by atoms with Gasteiger partial charge in [-0.15, -0.1) is 0 Å². The van der Waals surface area contributed by atoms with E-state index in [0.717, 1.165) is 13.1 Å². The molecule has 1 N–H and O–H groups in total. The van der Waals surface area contributed by atoms with E-state index in [0.29, 0.717) is 17.8 Å². The Morgan fingerprint density at radius 1 is 1.40 bits per heavy atom. The summed E-state index contributed by atoms with van der Waals surface area (Å²) in [5.41, 5.74) is -0.416. The average molecular weight is 213 g/mol. The normalized spacial score (nSPS) is 33.9. The van der Waals surface area contributed by atoms with Crippen LogP contribution in [0.1, 0.15) is 20.8 Å². The molecule has 1 aliphatic carbocycles. The van der Waals surface area contributed by atoms with E-state index < -0.39 is 5.60 Å². The number of aliphatic hydroxyl groups is 1. The molecule has 0 aromatic rings. The molecule has 1 saturated heterocycles. The molecule has 0 aromatic carbocycles. The molecular formula is C11H19NO3. The van der Waals surface area contributed by atoms with Gasteiger partial charge in [-0.25, -0.2) is 4.79 Å². The molecule has 2 aliphatic rings. The fourth-order valence-electron chi connectivity index (χ4n) is 2.40. The van der Waals surface area contributed by atoms with E-state index in [1.54, 1.807) is 4.90 Å². The number of fused-ring (bicyclic) bond motifs is 1. The van der Waals surface area contributed by atoms with Crippen LogP contribution in [0.25, 0.3) is 0 Å². The second-order valence-electron chi connectivity index (χ2n) is 5.56. The lowest BCUT2D eigenvalue weighted by molar-refractivity contribution is 0.0259. The predicted molar refractivity (Wildman–Crippen MR) is 55.4 cm³/mol. The number of hydrogen-bond acceptors (Lipinski definition) is 3. The maximum atomic E-state index is 11.7. The quantitative estimate of drug-likeness (QED) is 0.709. The van der Waals surface area contributed by atoms with Crippen molar-refractivity contribution in [2.24, 2.45) is 17.8 Å². The van der Waals surface area contributed by atoms with Gasteiger partial charge in [0.15, 0.2) is 0 Å². The lowest BCUT2D eigenvalue weighted by Crippen LogP contribution is -2.37. The monoisotopic (exact) mass is 213 g/mol. The van der Waals surface area contributed by atoms with Crippen LogP contribution in [-0.4, -0.2) is 41.4 Å². The Bertz CT molecular complexity index is 259. The number of likely N-dealkylation sites (tertiary alicyclic amines) is 1. The van der Waals surface area contributed by atoms with Crippen LogP contribution in [-0.2, 0) is 4.74 Å². The number of carbonyl (C=O) groups excluding carboxylic acids is 1. The molecule has 4 nitrogen and oxygen atoms in total. The van der Waals surface area contributed by atoms with E-state index >= 15 is 0 Å². The van der Waals surface area contributed by atoms with Crippen LogP contribution in [0, 0.1) is 17.8 Å². The molecule has 15 heavy (non-hydrogen) atoms. The number of carbonyl (C=O) groups is 1. The predicted octanol–water partition coefficient (Wildman–Crippen LogP) is 1.09. The lowest BCUT2D eigenvalue weighted by Gasteiger charge is -2.25. The van der Waals surface area contributed by atoms with Gasteiger partial charge in [0.25, 0.3) is 0 Å². The van der Waals surface area contributed by atoms with Gasteiger partial charge in [0.1, 0.15) is 5.60 Å². The van der Waals surface area contributed by atoms with Crippen molar-refractivity contribution in [1.29, 1.82) is 0 Å². The van der Waals surface area contributed by atoms with Crippen molar-refractivity contribution in [3.63, 3.8) is 0 Å². The van der Waals surface area contributed by atoms with Crippen LogP contribution in [0.5, 0.6) is 0 Å². The Kier molecular flexibility index (Phi) is 2.41. The Hall–Kier alpha value is -0.770. The minimum absolute atomic E-state index is 0.216. The minimum Gasteiger partial charge on any atom is -0.444 e. The lowest BCUT2D eigenvalue weighted by atomic mass is 10.2. The maximum absolute atomic E-state index is 11.7. The molecule has 0 spiro atoms. The molecule has 2 fully saturated rings. The average Bonchev–Trinajstić information content (AvgIpc) is 2.54. The Balaban J connectivity index is 1.82. The highest BCUT2D eigenvalue weighted by Gasteiger charge is 2.56. The summed E-state index contributed by atoms with van der Waals surface area (Å²) in [6.07, 6.45) is -0.216. The third kappa shape index (κ3) is 2.09. The molecule has 0 aromatic heterocycles. The van der Waals surface area contributed by atoms with Gasteiger partial charge in [0.05, 0.1) is 0 Å². The summed E-state index contributed by atoms with van der Waals surface area (Å²) >= 11 is 0. The Morgan fingerprint density at radius 2 is 1.93 bits per heavy atom. The molecule has 0 radical (unpaired) electrons. The largest absolute Gasteiger partial charge is 0.444 e. The number of ether oxygens (including phenoxy) is 1. The highest BCUT2D eigenvalue weighted by molar-refractivity contribution is 5.68. The van der Waals surface area contributed by atoms with Gasteiger partial charge < -0.3 is 14.7 Å². The fraction of sp³-hybridized carbons (Fsp3) is 0.909. The molecule has 1 heterocycles. The minimum atomic E-state index is -0.416. The maximum Gasteiger partial charge on any atom is 0.410 e. The number of piperidine rings is 1. The van der Waals surface area contributed by atoms with Gasteiger partial charge in [-0.1, -0.05) is 0 Å². The molecule has 1 unspecified atom stereocenters. The second-order valence-corrected chi connectivity index (χ2v) is 5.56. The number of hydrogen-bond donors (Lipinski definition) is 1. The fourth-order valence-corrected chi connectivity index (χ4v) is 2.40. The van der Waals surface area contributed by atoms with Crippen molar-refractivity contribution in [2.75, 3.05) is 19.7 Å². The molecule has 1 saturated carbocycles. The first-order valence-corrected chi connectivity index (χ1v) is 5.51. The first-order valence-electron chi connectivity index (χ1n) is 5.51.